The van der Waals surface area contributed by atoms with E-state index in [-0.39, 0.29) is 23.7 Å². The maximum Gasteiger partial charge on any atom is 0.256 e. The maximum absolute atomic E-state index is 13.9. The molecule has 126 valence electrons. The average Bonchev–Trinajstić information content (AvgIpc) is 2.77. The van der Waals surface area contributed by atoms with Gasteiger partial charge in [0.25, 0.3) is 5.91 Å². The predicted octanol–water partition coefficient (Wildman–Crippen LogP) is 2.49. The zero-order valence-corrected chi connectivity index (χ0v) is 13.4. The highest BCUT2D eigenvalue weighted by Crippen LogP contribution is 2.24. The van der Waals surface area contributed by atoms with Gasteiger partial charge in [-0.15, -0.1) is 0 Å². The molecule has 0 aromatic heterocycles. The Hall–Kier alpha value is -2.63. The molecule has 2 atom stereocenters. The summed E-state index contributed by atoms with van der Waals surface area (Å²) in [7, 11) is 0. The highest BCUT2D eigenvalue weighted by molar-refractivity contribution is 5.99. The van der Waals surface area contributed by atoms with Gasteiger partial charge in [0.1, 0.15) is 5.83 Å². The van der Waals surface area contributed by atoms with Crippen LogP contribution in [-0.2, 0) is 0 Å². The van der Waals surface area contributed by atoms with Crippen molar-refractivity contribution in [1.29, 1.82) is 0 Å². The Morgan fingerprint density at radius 3 is 2.96 bits per heavy atom. The zero-order chi connectivity index (χ0) is 16.9. The Morgan fingerprint density at radius 1 is 1.29 bits per heavy atom. The minimum atomic E-state index is -0.312. The molecule has 2 heterocycles. The zero-order valence-electron chi connectivity index (χ0n) is 13.4. The molecular weight excluding hydrogens is 307 g/mol. The molecule has 0 saturated carbocycles. The first-order chi connectivity index (χ1) is 11.6. The third kappa shape index (κ3) is 3.82. The highest BCUT2D eigenvalue weighted by atomic mass is 19.1. The Labute approximate surface area is 140 Å². The summed E-state index contributed by atoms with van der Waals surface area (Å²) in [5.74, 6) is -0.482. The lowest BCUT2D eigenvalue weighted by atomic mass is 10.0. The quantitative estimate of drug-likeness (QED) is 0.778. The van der Waals surface area contributed by atoms with Gasteiger partial charge in [-0.25, -0.2) is 4.39 Å². The summed E-state index contributed by atoms with van der Waals surface area (Å²) < 4.78 is 13.9. The number of aliphatic imine (C=N–C) groups is 1. The van der Waals surface area contributed by atoms with Crippen LogP contribution >= 0.6 is 0 Å². The van der Waals surface area contributed by atoms with E-state index in [0.717, 1.165) is 12.8 Å². The number of nitrogens with zero attached hydrogens (tertiary/aromatic N) is 2. The van der Waals surface area contributed by atoms with Crippen molar-refractivity contribution in [3.05, 3.63) is 54.0 Å². The van der Waals surface area contributed by atoms with Gasteiger partial charge in [-0.2, -0.15) is 0 Å². The van der Waals surface area contributed by atoms with Crippen LogP contribution in [0.2, 0.25) is 0 Å². The molecule has 0 spiro atoms. The number of nitrogens with two attached hydrogens (primary N) is 1. The molecule has 1 amide bonds. The van der Waals surface area contributed by atoms with Crippen molar-refractivity contribution in [2.45, 2.75) is 18.9 Å². The lowest BCUT2D eigenvalue weighted by Gasteiger charge is -2.25. The number of likely N-dealkylation sites (tertiary alicyclic amines) is 1. The van der Waals surface area contributed by atoms with Crippen molar-refractivity contribution in [1.82, 2.24) is 10.2 Å². The second-order valence-electron chi connectivity index (χ2n) is 6.12. The van der Waals surface area contributed by atoms with Crippen molar-refractivity contribution in [3.63, 3.8) is 0 Å². The Kier molecular flexibility index (Phi) is 4.93. The number of carbonyl (C=O) groups is 1. The van der Waals surface area contributed by atoms with Gasteiger partial charge in [-0.05, 0) is 43.0 Å². The van der Waals surface area contributed by atoms with Crippen LogP contribution in [0.5, 0.6) is 0 Å². The fourth-order valence-electron chi connectivity index (χ4n) is 3.09. The molecule has 1 fully saturated rings. The van der Waals surface area contributed by atoms with E-state index in [2.05, 4.69) is 10.3 Å². The van der Waals surface area contributed by atoms with Crippen molar-refractivity contribution >= 4 is 17.9 Å². The lowest BCUT2D eigenvalue weighted by molar-refractivity contribution is 0.0744. The van der Waals surface area contributed by atoms with Crippen molar-refractivity contribution < 1.29 is 9.18 Å². The molecule has 0 aliphatic carbocycles. The standard InChI is InChI=1S/C18H21FN4O/c19-14-7-8-21-12-22-15-6-5-13(9-14)10-23(11-15)18(24)16-3-1-2-4-17(16)20/h1-4,7-9,12-13,15H,5-6,10-11,20H2,(H,21,22)/b8-7-,14-9+. The van der Waals surface area contributed by atoms with Gasteiger partial charge in [-0.1, -0.05) is 12.1 Å². The van der Waals surface area contributed by atoms with Crippen molar-refractivity contribution in [2.24, 2.45) is 10.9 Å². The number of amides is 1. The fraction of sp³-hybridized carbons (Fsp3) is 0.333. The van der Waals surface area contributed by atoms with E-state index in [4.69, 9.17) is 5.73 Å². The number of anilines is 1. The number of fused-ring (bicyclic) bond motifs is 3. The first-order valence-corrected chi connectivity index (χ1v) is 8.09. The largest absolute Gasteiger partial charge is 0.398 e. The molecule has 1 aromatic rings. The summed E-state index contributed by atoms with van der Waals surface area (Å²) in [6.45, 7) is 0.967. The molecule has 2 unspecified atom stereocenters. The number of hydrogen-bond donors (Lipinski definition) is 2. The molecule has 3 N–H and O–H groups in total. The summed E-state index contributed by atoms with van der Waals surface area (Å²) in [6, 6.07) is 7.01. The van der Waals surface area contributed by atoms with E-state index in [1.54, 1.807) is 41.6 Å². The number of halogens is 1. The number of allylic oxidation sites excluding steroid dienone is 2. The summed E-state index contributed by atoms with van der Waals surface area (Å²) in [6.07, 6.45) is 7.62. The molecule has 3 rings (SSSR count). The van der Waals surface area contributed by atoms with Gasteiger partial charge >= 0.3 is 0 Å². The second-order valence-corrected chi connectivity index (χ2v) is 6.12. The van der Waals surface area contributed by atoms with E-state index >= 15 is 0 Å². The van der Waals surface area contributed by atoms with Crippen molar-refractivity contribution in [3.8, 4) is 0 Å². The second kappa shape index (κ2) is 7.29. The molecular formula is C18H21FN4O. The number of nitrogen functional groups attached to an aromatic ring is 1. The summed E-state index contributed by atoms with van der Waals surface area (Å²) in [5.41, 5.74) is 6.87. The third-order valence-corrected chi connectivity index (χ3v) is 4.33. The normalized spacial score (nSPS) is 27.4. The van der Waals surface area contributed by atoms with Gasteiger partial charge in [0.2, 0.25) is 0 Å². The Bertz CT molecular complexity index is 698. The van der Waals surface area contributed by atoms with Gasteiger partial charge in [-0.3, -0.25) is 9.79 Å². The fourth-order valence-corrected chi connectivity index (χ4v) is 3.09. The Balaban J connectivity index is 1.90. The van der Waals surface area contributed by atoms with Gasteiger partial charge in [0.15, 0.2) is 0 Å². The first kappa shape index (κ1) is 16.2. The van der Waals surface area contributed by atoms with Crippen LogP contribution in [0, 0.1) is 5.92 Å². The summed E-state index contributed by atoms with van der Waals surface area (Å²) in [4.78, 5) is 19.1. The van der Waals surface area contributed by atoms with Crippen LogP contribution in [0.15, 0.2) is 53.4 Å². The highest BCUT2D eigenvalue weighted by Gasteiger charge is 2.27. The van der Waals surface area contributed by atoms with Crippen LogP contribution in [0.1, 0.15) is 23.2 Å². The van der Waals surface area contributed by atoms with Crippen LogP contribution in [-0.4, -0.2) is 36.3 Å². The van der Waals surface area contributed by atoms with Crippen LogP contribution in [0.3, 0.4) is 0 Å². The van der Waals surface area contributed by atoms with Gasteiger partial charge in [0.05, 0.1) is 17.9 Å². The van der Waals surface area contributed by atoms with E-state index in [0.29, 0.717) is 24.3 Å². The molecule has 0 radical (unpaired) electrons. The smallest absolute Gasteiger partial charge is 0.256 e. The molecule has 2 aliphatic heterocycles. The van der Waals surface area contributed by atoms with E-state index in [9.17, 15) is 9.18 Å². The molecule has 2 aliphatic rings. The van der Waals surface area contributed by atoms with E-state index in [1.807, 2.05) is 0 Å². The minimum absolute atomic E-state index is 0.0145. The van der Waals surface area contributed by atoms with Crippen molar-refractivity contribution in [2.75, 3.05) is 18.8 Å². The van der Waals surface area contributed by atoms with E-state index in [1.165, 1.54) is 12.3 Å². The van der Waals surface area contributed by atoms with E-state index < -0.39 is 0 Å². The number of nitrogens with one attached hydrogen (secondary N) is 1. The number of carbonyl (C=O) groups excluding carboxylic acids is 1. The minimum Gasteiger partial charge on any atom is -0.398 e. The number of hydrogen-bond acceptors (Lipinski definition) is 4. The molecule has 24 heavy (non-hydrogen) atoms. The van der Waals surface area contributed by atoms with Crippen LogP contribution in [0.4, 0.5) is 10.1 Å². The summed E-state index contributed by atoms with van der Waals surface area (Å²) >= 11 is 0. The van der Waals surface area contributed by atoms with Gasteiger partial charge in [0, 0.05) is 25.0 Å². The van der Waals surface area contributed by atoms with Crippen LogP contribution in [0.25, 0.3) is 0 Å². The molecule has 1 saturated heterocycles. The third-order valence-electron chi connectivity index (χ3n) is 4.33. The molecule has 6 heteroatoms. The number of benzene rings is 1. The molecule has 1 aromatic carbocycles. The number of rotatable bonds is 1. The lowest BCUT2D eigenvalue weighted by Crippen LogP contribution is -2.38. The predicted molar refractivity (Wildman–Crippen MR) is 93.2 cm³/mol. The first-order valence-electron chi connectivity index (χ1n) is 8.09. The summed E-state index contributed by atoms with van der Waals surface area (Å²) in [5, 5.41) is 2.82. The van der Waals surface area contributed by atoms with Gasteiger partial charge < -0.3 is 16.0 Å². The number of para-hydroxylation sites is 1. The topological polar surface area (TPSA) is 70.7 Å². The SMILES string of the molecule is Nc1ccccc1C(=O)N1CC2/C=C(F)\C=C/NC=NC(CC2)C1. The molecule has 5 nitrogen and oxygen atoms in total. The maximum atomic E-state index is 13.9. The average molecular weight is 328 g/mol. The monoisotopic (exact) mass is 328 g/mol. The van der Waals surface area contributed by atoms with Crippen LogP contribution < -0.4 is 11.1 Å². The Morgan fingerprint density at radius 2 is 2.12 bits per heavy atom. The molecule has 2 bridgehead atoms.